The maximum atomic E-state index is 9.97. The molecule has 0 aliphatic heterocycles. The van der Waals surface area contributed by atoms with Crippen LogP contribution in [-0.4, -0.2) is 38.7 Å². The second-order valence-corrected chi connectivity index (χ2v) is 5.65. The van der Waals surface area contributed by atoms with Crippen molar-refractivity contribution in [3.05, 3.63) is 42.0 Å². The monoisotopic (exact) mass is 296 g/mol. The van der Waals surface area contributed by atoms with Crippen molar-refractivity contribution in [2.24, 2.45) is 0 Å². The third kappa shape index (κ3) is 7.99. The Bertz CT molecular complexity index is 418. The van der Waals surface area contributed by atoms with Crippen molar-refractivity contribution in [1.29, 1.82) is 0 Å². The van der Waals surface area contributed by atoms with Gasteiger partial charge in [0.05, 0.1) is 17.8 Å². The molecule has 0 aromatic heterocycles. The van der Waals surface area contributed by atoms with Gasteiger partial charge in [0.25, 0.3) is 0 Å². The van der Waals surface area contributed by atoms with Gasteiger partial charge in [0.2, 0.25) is 0 Å². The van der Waals surface area contributed by atoms with Gasteiger partial charge in [0.1, 0.15) is 0 Å². The Morgan fingerprint density at radius 1 is 1.10 bits per heavy atom. The summed E-state index contributed by atoms with van der Waals surface area (Å²) >= 11 is 0. The van der Waals surface area contributed by atoms with Crippen molar-refractivity contribution >= 4 is 13.4 Å². The fourth-order valence-corrected chi connectivity index (χ4v) is 1.19. The van der Waals surface area contributed by atoms with Gasteiger partial charge >= 0.3 is 7.32 Å². The summed E-state index contributed by atoms with van der Waals surface area (Å²) in [5.41, 5.74) is 0.737. The van der Waals surface area contributed by atoms with Crippen molar-refractivity contribution in [3.8, 4) is 0 Å². The molecule has 5 nitrogen and oxygen atoms in total. The van der Waals surface area contributed by atoms with Crippen LogP contribution in [0, 0.1) is 0 Å². The van der Waals surface area contributed by atoms with E-state index in [-0.39, 0.29) is 0 Å². The predicted molar refractivity (Wildman–Crippen MR) is 84.1 cm³/mol. The Labute approximate surface area is 126 Å². The molecule has 0 fully saturated rings. The molecule has 118 valence electrons. The number of benzene rings is 1. The zero-order valence-corrected chi connectivity index (χ0v) is 13.1. The van der Waals surface area contributed by atoms with Crippen LogP contribution in [0.4, 0.5) is 0 Å². The fourth-order valence-electron chi connectivity index (χ4n) is 1.19. The molecule has 0 spiro atoms. The van der Waals surface area contributed by atoms with Gasteiger partial charge in [-0.05, 0) is 38.8 Å². The lowest BCUT2D eigenvalue weighted by Gasteiger charge is -2.37. The van der Waals surface area contributed by atoms with Gasteiger partial charge < -0.3 is 24.9 Å². The summed E-state index contributed by atoms with van der Waals surface area (Å²) in [5.74, 6) is 0. The van der Waals surface area contributed by atoms with E-state index in [4.69, 9.17) is 19.8 Å². The number of ether oxygens (including phenoxy) is 1. The Balaban J connectivity index is 0.000000885. The molecule has 0 radical (unpaired) electrons. The van der Waals surface area contributed by atoms with Gasteiger partial charge in [-0.15, -0.1) is 0 Å². The lowest BCUT2D eigenvalue weighted by molar-refractivity contribution is -0.153. The molecule has 1 aromatic rings. The largest absolute Gasteiger partial charge is 0.631 e. The van der Waals surface area contributed by atoms with Gasteiger partial charge in [-0.1, -0.05) is 36.9 Å². The van der Waals surface area contributed by atoms with Crippen LogP contribution in [0.5, 0.6) is 0 Å². The molecule has 0 saturated heterocycles. The lowest BCUT2D eigenvalue weighted by atomic mass is 9.89. The van der Waals surface area contributed by atoms with E-state index in [9.17, 15) is 5.11 Å². The maximum Gasteiger partial charge on any atom is 0.631 e. The molecule has 21 heavy (non-hydrogen) atoms. The van der Waals surface area contributed by atoms with E-state index >= 15 is 0 Å². The second kappa shape index (κ2) is 8.31. The molecular formula is C15H25BO5. The number of hydrogen-bond donors (Lipinski definition) is 4. The lowest BCUT2D eigenvalue weighted by Crippen LogP contribution is -2.47. The standard InChI is InChI=1S/C15H22O2.BH3O3/c1-6-12-7-9-13(10-8-12)11-17-15(4,5)14(2,3)16;2-1(3)4/h6-10,16H,1,11H2,2-5H3;2-4H. The van der Waals surface area contributed by atoms with Crippen LogP contribution in [0.25, 0.3) is 6.08 Å². The molecule has 0 aliphatic carbocycles. The van der Waals surface area contributed by atoms with Crippen LogP contribution < -0.4 is 0 Å². The van der Waals surface area contributed by atoms with Crippen LogP contribution in [0.1, 0.15) is 38.8 Å². The van der Waals surface area contributed by atoms with E-state index in [1.807, 2.05) is 44.2 Å². The van der Waals surface area contributed by atoms with Crippen molar-refractivity contribution < 1.29 is 24.9 Å². The first kappa shape index (κ1) is 19.8. The number of aliphatic hydroxyl groups is 1. The van der Waals surface area contributed by atoms with Crippen LogP contribution in [0.2, 0.25) is 0 Å². The Kier molecular flexibility index (Phi) is 7.85. The summed E-state index contributed by atoms with van der Waals surface area (Å²) in [7, 11) is -2.17. The normalized spacial score (nSPS) is 11.4. The zero-order valence-electron chi connectivity index (χ0n) is 13.1. The predicted octanol–water partition coefficient (Wildman–Crippen LogP) is 1.34. The molecule has 0 bridgehead atoms. The number of rotatable bonds is 5. The molecule has 0 aliphatic rings. The molecule has 0 saturated carbocycles. The maximum absolute atomic E-state index is 9.97. The average molecular weight is 296 g/mol. The third-order valence-corrected chi connectivity index (χ3v) is 3.29. The first-order valence-electron chi connectivity index (χ1n) is 6.61. The summed E-state index contributed by atoms with van der Waals surface area (Å²) < 4.78 is 5.78. The highest BCUT2D eigenvalue weighted by atomic mass is 16.5. The summed E-state index contributed by atoms with van der Waals surface area (Å²) in [6.07, 6.45) is 1.81. The van der Waals surface area contributed by atoms with Crippen LogP contribution in [0.15, 0.2) is 30.8 Å². The van der Waals surface area contributed by atoms with Gasteiger partial charge in [-0.25, -0.2) is 0 Å². The van der Waals surface area contributed by atoms with Gasteiger partial charge in [-0.2, -0.15) is 0 Å². The number of hydrogen-bond acceptors (Lipinski definition) is 5. The van der Waals surface area contributed by atoms with E-state index in [0.717, 1.165) is 11.1 Å². The van der Waals surface area contributed by atoms with Gasteiger partial charge in [0, 0.05) is 0 Å². The molecule has 0 atom stereocenters. The highest BCUT2D eigenvalue weighted by Gasteiger charge is 2.35. The topological polar surface area (TPSA) is 90.2 Å². The van der Waals surface area contributed by atoms with E-state index in [0.29, 0.717) is 6.61 Å². The summed E-state index contributed by atoms with van der Waals surface area (Å²) in [4.78, 5) is 0. The summed E-state index contributed by atoms with van der Waals surface area (Å²) in [6, 6.07) is 8.03. The quantitative estimate of drug-likeness (QED) is 0.616. The molecule has 0 heterocycles. The third-order valence-electron chi connectivity index (χ3n) is 3.29. The first-order valence-corrected chi connectivity index (χ1v) is 6.61. The minimum absolute atomic E-state index is 0.494. The SMILES string of the molecule is C=Cc1ccc(COC(C)(C)C(C)(C)O)cc1.OB(O)O. The highest BCUT2D eigenvalue weighted by molar-refractivity contribution is 6.30. The van der Waals surface area contributed by atoms with Gasteiger partial charge in [-0.3, -0.25) is 0 Å². The molecular weight excluding hydrogens is 271 g/mol. The molecule has 1 aromatic carbocycles. The van der Waals surface area contributed by atoms with E-state index in [1.165, 1.54) is 0 Å². The molecule has 0 amide bonds. The van der Waals surface area contributed by atoms with Crippen molar-refractivity contribution in [3.63, 3.8) is 0 Å². The average Bonchev–Trinajstić information content (AvgIpc) is 2.35. The Morgan fingerprint density at radius 2 is 1.52 bits per heavy atom. The zero-order chi connectivity index (χ0) is 16.7. The van der Waals surface area contributed by atoms with Crippen LogP contribution in [-0.2, 0) is 11.3 Å². The summed E-state index contributed by atoms with van der Waals surface area (Å²) in [5, 5.41) is 31.5. The van der Waals surface area contributed by atoms with E-state index < -0.39 is 18.5 Å². The molecule has 6 heteroatoms. The van der Waals surface area contributed by atoms with Gasteiger partial charge in [0.15, 0.2) is 0 Å². The molecule has 1 rings (SSSR count). The van der Waals surface area contributed by atoms with Crippen molar-refractivity contribution in [2.75, 3.05) is 0 Å². The Hall–Kier alpha value is -1.18. The summed E-state index contributed by atoms with van der Waals surface area (Å²) in [6.45, 7) is 11.5. The minimum atomic E-state index is -2.17. The molecule has 4 N–H and O–H groups in total. The van der Waals surface area contributed by atoms with E-state index in [2.05, 4.69) is 6.58 Å². The minimum Gasteiger partial charge on any atom is -0.402 e. The van der Waals surface area contributed by atoms with E-state index in [1.54, 1.807) is 13.8 Å². The first-order chi connectivity index (χ1) is 9.49. The van der Waals surface area contributed by atoms with Crippen LogP contribution >= 0.6 is 0 Å². The van der Waals surface area contributed by atoms with Crippen molar-refractivity contribution in [2.45, 2.75) is 45.5 Å². The fraction of sp³-hybridized carbons (Fsp3) is 0.467. The molecule has 0 unspecified atom stereocenters. The van der Waals surface area contributed by atoms with Crippen molar-refractivity contribution in [1.82, 2.24) is 0 Å². The Morgan fingerprint density at radius 3 is 1.86 bits per heavy atom. The second-order valence-electron chi connectivity index (χ2n) is 5.65. The smallest absolute Gasteiger partial charge is 0.402 e. The highest BCUT2D eigenvalue weighted by Crippen LogP contribution is 2.26. The van der Waals surface area contributed by atoms with Crippen LogP contribution in [0.3, 0.4) is 0 Å².